The van der Waals surface area contributed by atoms with Crippen LogP contribution in [0.2, 0.25) is 0 Å². The summed E-state index contributed by atoms with van der Waals surface area (Å²) in [5.41, 5.74) is 0.665. The fourth-order valence-electron chi connectivity index (χ4n) is 2.51. The van der Waals surface area contributed by atoms with E-state index in [2.05, 4.69) is 10.4 Å². The summed E-state index contributed by atoms with van der Waals surface area (Å²) in [6.07, 6.45) is 0. The van der Waals surface area contributed by atoms with E-state index in [4.69, 9.17) is 4.42 Å². The van der Waals surface area contributed by atoms with Gasteiger partial charge in [-0.05, 0) is 34.4 Å². The maximum absolute atomic E-state index is 12.2. The summed E-state index contributed by atoms with van der Waals surface area (Å²) in [6.45, 7) is -0.208. The minimum absolute atomic E-state index is 0.208. The quantitative estimate of drug-likeness (QED) is 0.612. The first-order valence-electron chi connectivity index (χ1n) is 7.59. The Morgan fingerprint density at radius 3 is 2.76 bits per heavy atom. The number of anilines is 1. The van der Waals surface area contributed by atoms with Crippen LogP contribution in [0.1, 0.15) is 0 Å². The molecule has 0 aliphatic rings. The number of carbonyl (C=O) groups excluding carboxylic acids is 1. The van der Waals surface area contributed by atoms with Crippen molar-refractivity contribution < 1.29 is 9.21 Å². The average Bonchev–Trinajstić information content (AvgIpc) is 3.25. The number of hydrogen-bond donors (Lipinski definition) is 1. The van der Waals surface area contributed by atoms with Crippen molar-refractivity contribution in [1.82, 2.24) is 9.78 Å². The molecule has 124 valence electrons. The monoisotopic (exact) mass is 351 g/mol. The Hall–Kier alpha value is -3.19. The zero-order valence-electron chi connectivity index (χ0n) is 13.0. The van der Waals surface area contributed by atoms with Crippen molar-refractivity contribution in [1.29, 1.82) is 0 Å². The van der Waals surface area contributed by atoms with Crippen LogP contribution in [0, 0.1) is 0 Å². The van der Waals surface area contributed by atoms with E-state index >= 15 is 0 Å². The number of hydrogen-bond acceptors (Lipinski definition) is 5. The average molecular weight is 351 g/mol. The highest BCUT2D eigenvalue weighted by Gasteiger charge is 2.14. The van der Waals surface area contributed by atoms with Crippen LogP contribution >= 0.6 is 11.3 Å². The molecule has 25 heavy (non-hydrogen) atoms. The molecule has 0 bridgehead atoms. The second kappa shape index (κ2) is 6.37. The van der Waals surface area contributed by atoms with Crippen LogP contribution < -0.4 is 11.1 Å². The van der Waals surface area contributed by atoms with Crippen molar-refractivity contribution in [3.8, 4) is 10.8 Å². The second-order valence-electron chi connectivity index (χ2n) is 5.42. The Kier molecular flexibility index (Phi) is 3.91. The minimum Gasteiger partial charge on any atom is -0.387 e. The molecule has 0 atom stereocenters. The molecule has 0 radical (unpaired) electrons. The molecule has 1 N–H and O–H groups in total. The molecule has 7 heteroatoms. The highest BCUT2D eigenvalue weighted by atomic mass is 32.1. The van der Waals surface area contributed by atoms with Gasteiger partial charge in [0.15, 0.2) is 0 Å². The summed E-state index contributed by atoms with van der Waals surface area (Å²) in [4.78, 5) is 24.8. The van der Waals surface area contributed by atoms with Crippen LogP contribution in [-0.4, -0.2) is 15.7 Å². The van der Waals surface area contributed by atoms with Gasteiger partial charge in [0.1, 0.15) is 6.54 Å². The van der Waals surface area contributed by atoms with E-state index in [0.717, 1.165) is 20.3 Å². The van der Waals surface area contributed by atoms with E-state index in [1.807, 2.05) is 53.9 Å². The van der Waals surface area contributed by atoms with E-state index in [1.165, 1.54) is 11.3 Å². The van der Waals surface area contributed by atoms with Gasteiger partial charge < -0.3 is 9.73 Å². The van der Waals surface area contributed by atoms with Gasteiger partial charge in [-0.15, -0.1) is 16.4 Å². The van der Waals surface area contributed by atoms with E-state index < -0.39 is 5.76 Å². The topological polar surface area (TPSA) is 77.1 Å². The summed E-state index contributed by atoms with van der Waals surface area (Å²) in [7, 11) is 0. The van der Waals surface area contributed by atoms with Gasteiger partial charge in [0.25, 0.3) is 5.89 Å². The molecule has 2 aromatic heterocycles. The lowest BCUT2D eigenvalue weighted by molar-refractivity contribution is -0.117. The number of fused-ring (bicyclic) bond motifs is 1. The maximum Gasteiger partial charge on any atom is 0.437 e. The number of nitrogens with one attached hydrogen (secondary N) is 1. The number of nitrogens with zero attached hydrogens (tertiary/aromatic N) is 2. The van der Waals surface area contributed by atoms with Crippen molar-refractivity contribution in [2.45, 2.75) is 6.54 Å². The molecule has 0 aliphatic heterocycles. The molecule has 0 unspecified atom stereocenters. The Morgan fingerprint density at radius 2 is 1.96 bits per heavy atom. The minimum atomic E-state index is -0.655. The number of benzene rings is 2. The zero-order valence-corrected chi connectivity index (χ0v) is 13.8. The van der Waals surface area contributed by atoms with Crippen LogP contribution in [0.25, 0.3) is 21.5 Å². The molecule has 0 saturated heterocycles. The molecular weight excluding hydrogens is 338 g/mol. The summed E-state index contributed by atoms with van der Waals surface area (Å²) >= 11 is 1.41. The van der Waals surface area contributed by atoms with Gasteiger partial charge in [-0.25, -0.2) is 4.79 Å². The highest BCUT2D eigenvalue weighted by molar-refractivity contribution is 7.13. The van der Waals surface area contributed by atoms with Crippen LogP contribution in [0.4, 0.5) is 5.69 Å². The molecule has 4 aromatic rings. The highest BCUT2D eigenvalue weighted by Crippen LogP contribution is 2.21. The fraction of sp³-hybridized carbons (Fsp3) is 0.0556. The zero-order chi connectivity index (χ0) is 17.2. The van der Waals surface area contributed by atoms with Crippen LogP contribution in [0.5, 0.6) is 0 Å². The third-order valence-electron chi connectivity index (χ3n) is 3.66. The van der Waals surface area contributed by atoms with Crippen LogP contribution in [0.3, 0.4) is 0 Å². The van der Waals surface area contributed by atoms with E-state index in [9.17, 15) is 9.59 Å². The molecule has 0 aliphatic carbocycles. The van der Waals surface area contributed by atoms with Crippen LogP contribution in [-0.2, 0) is 11.3 Å². The summed E-state index contributed by atoms with van der Waals surface area (Å²) in [5.74, 6) is -0.779. The molecule has 6 nitrogen and oxygen atoms in total. The van der Waals surface area contributed by atoms with E-state index in [1.54, 1.807) is 6.07 Å². The number of thiophene rings is 1. The van der Waals surface area contributed by atoms with Gasteiger partial charge in [0.2, 0.25) is 5.91 Å². The number of rotatable bonds is 4. The third-order valence-corrected chi connectivity index (χ3v) is 4.52. The smallest absolute Gasteiger partial charge is 0.387 e. The summed E-state index contributed by atoms with van der Waals surface area (Å²) in [5, 5.41) is 10.8. The van der Waals surface area contributed by atoms with Gasteiger partial charge in [-0.2, -0.15) is 4.68 Å². The van der Waals surface area contributed by atoms with E-state index in [0.29, 0.717) is 5.69 Å². The Balaban J connectivity index is 1.51. The molecule has 1 amide bonds. The first-order valence-corrected chi connectivity index (χ1v) is 8.47. The lowest BCUT2D eigenvalue weighted by Crippen LogP contribution is -2.25. The maximum atomic E-state index is 12.2. The molecular formula is C18H13N3O3S. The van der Waals surface area contributed by atoms with Gasteiger partial charge in [0, 0.05) is 5.69 Å². The van der Waals surface area contributed by atoms with Crippen molar-refractivity contribution in [3.05, 3.63) is 70.5 Å². The van der Waals surface area contributed by atoms with Crippen LogP contribution in [0.15, 0.2) is 69.2 Å². The first kappa shape index (κ1) is 15.3. The number of amides is 1. The third kappa shape index (κ3) is 3.22. The van der Waals surface area contributed by atoms with Gasteiger partial charge >= 0.3 is 5.76 Å². The lowest BCUT2D eigenvalue weighted by atomic mass is 10.1. The molecule has 4 rings (SSSR count). The second-order valence-corrected chi connectivity index (χ2v) is 6.37. The van der Waals surface area contributed by atoms with Gasteiger partial charge in [-0.3, -0.25) is 4.79 Å². The van der Waals surface area contributed by atoms with E-state index in [-0.39, 0.29) is 18.3 Å². The van der Waals surface area contributed by atoms with Crippen molar-refractivity contribution in [2.75, 3.05) is 5.32 Å². The Labute approximate surface area is 146 Å². The van der Waals surface area contributed by atoms with Crippen molar-refractivity contribution in [2.24, 2.45) is 0 Å². The van der Waals surface area contributed by atoms with Crippen molar-refractivity contribution >= 4 is 33.7 Å². The molecule has 2 heterocycles. The van der Waals surface area contributed by atoms with Crippen molar-refractivity contribution in [3.63, 3.8) is 0 Å². The number of carbonyl (C=O) groups is 1. The summed E-state index contributed by atoms with van der Waals surface area (Å²) < 4.78 is 6.11. The normalized spacial score (nSPS) is 10.9. The number of aromatic nitrogens is 2. The lowest BCUT2D eigenvalue weighted by Gasteiger charge is -2.06. The largest absolute Gasteiger partial charge is 0.437 e. The molecule has 0 saturated carbocycles. The Bertz CT molecular complexity index is 1100. The van der Waals surface area contributed by atoms with Gasteiger partial charge in [-0.1, -0.05) is 36.4 Å². The standard InChI is InChI=1S/C18H13N3O3S/c22-16(19-14-8-7-12-4-1-2-5-13(12)10-14)11-21-18(23)24-17(20-21)15-6-3-9-25-15/h1-10H,11H2,(H,19,22). The predicted molar refractivity (Wildman–Crippen MR) is 96.7 cm³/mol. The first-order chi connectivity index (χ1) is 12.2. The molecule has 0 spiro atoms. The van der Waals surface area contributed by atoms with Gasteiger partial charge in [0.05, 0.1) is 4.88 Å². The fourth-order valence-corrected chi connectivity index (χ4v) is 3.15. The Morgan fingerprint density at radius 1 is 1.12 bits per heavy atom. The summed E-state index contributed by atoms with van der Waals surface area (Å²) in [6, 6.07) is 17.2. The molecule has 2 aromatic carbocycles. The molecule has 0 fully saturated rings. The predicted octanol–water partition coefficient (Wildman–Crippen LogP) is 3.36. The SMILES string of the molecule is O=C(Cn1nc(-c2cccs2)oc1=O)Nc1ccc2ccccc2c1.